The first-order valence-electron chi connectivity index (χ1n) is 13.7. The lowest BCUT2D eigenvalue weighted by atomic mass is 9.43. The van der Waals surface area contributed by atoms with E-state index < -0.39 is 5.60 Å². The Balaban J connectivity index is 1.29. The Morgan fingerprint density at radius 2 is 2.00 bits per heavy atom. The Bertz CT molecular complexity index is 976. The molecule has 8 atom stereocenters. The summed E-state index contributed by atoms with van der Waals surface area (Å²) >= 11 is 6.03. The van der Waals surface area contributed by atoms with E-state index >= 15 is 0 Å². The van der Waals surface area contributed by atoms with E-state index in [9.17, 15) is 9.90 Å². The minimum atomic E-state index is -0.550. The van der Waals surface area contributed by atoms with Crippen molar-refractivity contribution >= 4 is 23.1 Å². The molecule has 0 amide bonds. The van der Waals surface area contributed by atoms with E-state index in [0.29, 0.717) is 34.4 Å². The number of fused-ring (bicyclic) bond motifs is 5. The van der Waals surface area contributed by atoms with Crippen molar-refractivity contribution < 1.29 is 14.6 Å². The molecule has 0 aliphatic heterocycles. The number of rotatable bonds is 7. The number of methoxy groups -OCH3 is 1. The summed E-state index contributed by atoms with van der Waals surface area (Å²) in [7, 11) is 1.84. The number of hydrazine groups is 2. The van der Waals surface area contributed by atoms with Gasteiger partial charge in [0.05, 0.1) is 35.7 Å². The van der Waals surface area contributed by atoms with Gasteiger partial charge in [0, 0.05) is 19.2 Å². The maximum atomic E-state index is 13.5. The number of anilines is 1. The molecular formula is C28H43ClN4O3. The summed E-state index contributed by atoms with van der Waals surface area (Å²) in [5.74, 6) is 8.81. The normalized spacial score (nSPS) is 41.9. The summed E-state index contributed by atoms with van der Waals surface area (Å²) in [6, 6.07) is 1.74. The summed E-state index contributed by atoms with van der Waals surface area (Å²) in [5.41, 5.74) is 3.35. The van der Waals surface area contributed by atoms with Gasteiger partial charge in [0.1, 0.15) is 0 Å². The lowest BCUT2D eigenvalue weighted by Gasteiger charge is -2.62. The fourth-order valence-corrected chi connectivity index (χ4v) is 9.44. The second kappa shape index (κ2) is 9.81. The van der Waals surface area contributed by atoms with Crippen LogP contribution in [0.15, 0.2) is 18.5 Å². The average molecular weight is 519 g/mol. The molecule has 8 unspecified atom stereocenters. The lowest BCUT2D eigenvalue weighted by molar-refractivity contribution is -0.175. The van der Waals surface area contributed by atoms with Gasteiger partial charge in [-0.3, -0.25) is 15.6 Å². The quantitative estimate of drug-likeness (QED) is 0.350. The van der Waals surface area contributed by atoms with Crippen LogP contribution in [0.3, 0.4) is 0 Å². The largest absolute Gasteiger partial charge is 0.390 e. The highest BCUT2D eigenvalue weighted by Crippen LogP contribution is 2.68. The van der Waals surface area contributed by atoms with Crippen LogP contribution in [0, 0.1) is 40.4 Å². The number of ketones is 1. The van der Waals surface area contributed by atoms with Crippen molar-refractivity contribution in [3.05, 3.63) is 23.5 Å². The van der Waals surface area contributed by atoms with Crippen LogP contribution in [0.2, 0.25) is 5.02 Å². The van der Waals surface area contributed by atoms with Crippen LogP contribution in [0.1, 0.15) is 71.6 Å². The molecule has 36 heavy (non-hydrogen) atoms. The number of pyridine rings is 1. The van der Waals surface area contributed by atoms with Crippen LogP contribution in [0.5, 0.6) is 0 Å². The van der Waals surface area contributed by atoms with Gasteiger partial charge < -0.3 is 15.3 Å². The summed E-state index contributed by atoms with van der Waals surface area (Å²) in [6.45, 7) is 5.34. The van der Waals surface area contributed by atoms with Crippen LogP contribution in [-0.2, 0) is 9.53 Å². The molecule has 4 aliphatic rings. The summed E-state index contributed by atoms with van der Waals surface area (Å²) in [5, 5.41) is 12.7. The minimum Gasteiger partial charge on any atom is -0.390 e. The Morgan fingerprint density at radius 1 is 1.19 bits per heavy atom. The number of carbonyl (C=O) groups is 1. The number of halogens is 1. The highest BCUT2D eigenvalue weighted by molar-refractivity contribution is 6.30. The smallest absolute Gasteiger partial charge is 0.153 e. The zero-order valence-corrected chi connectivity index (χ0v) is 22.8. The summed E-state index contributed by atoms with van der Waals surface area (Å²) in [6.07, 6.45) is 12.7. The van der Waals surface area contributed by atoms with Crippen molar-refractivity contribution in [1.82, 2.24) is 10.1 Å². The van der Waals surface area contributed by atoms with Crippen molar-refractivity contribution in [1.29, 1.82) is 0 Å². The molecule has 0 saturated heterocycles. The molecule has 0 aromatic carbocycles. The van der Waals surface area contributed by atoms with Gasteiger partial charge in [-0.25, -0.2) is 0 Å². The SMILES string of the molecule is COCC12CCC(C)(O)CC1CCC1C3CCC(C(=O)CN(N)Nc4cncc(Cl)c4)C3(C)CCC12. The van der Waals surface area contributed by atoms with Crippen molar-refractivity contribution in [3.63, 3.8) is 0 Å². The molecule has 4 saturated carbocycles. The van der Waals surface area contributed by atoms with E-state index in [4.69, 9.17) is 22.2 Å². The van der Waals surface area contributed by atoms with E-state index in [0.717, 1.165) is 51.6 Å². The van der Waals surface area contributed by atoms with E-state index in [1.165, 1.54) is 18.0 Å². The molecule has 4 fully saturated rings. The standard InChI is InChI=1S/C28H43ClN4O3/c1-26(35)10-11-28(17-36-3)18(13-26)4-5-21-22-6-7-24(27(22,2)9-8-23(21)28)25(34)16-33(30)32-20-12-19(29)14-31-15-20/h12,14-15,18,21-24,32,35H,4-11,13,16-17,30H2,1-3H3. The van der Waals surface area contributed by atoms with Crippen molar-refractivity contribution in [3.8, 4) is 0 Å². The number of carbonyl (C=O) groups excluding carboxylic acids is 1. The van der Waals surface area contributed by atoms with Crippen molar-refractivity contribution in [2.45, 2.75) is 77.2 Å². The molecule has 0 spiro atoms. The zero-order valence-electron chi connectivity index (χ0n) is 22.0. The molecular weight excluding hydrogens is 476 g/mol. The van der Waals surface area contributed by atoms with Crippen LogP contribution >= 0.6 is 11.6 Å². The maximum Gasteiger partial charge on any atom is 0.153 e. The van der Waals surface area contributed by atoms with Crippen LogP contribution in [-0.4, -0.2) is 46.9 Å². The number of ether oxygens (including phenoxy) is 1. The Hall–Kier alpha value is -1.25. The number of hydrogen-bond donors (Lipinski definition) is 3. The lowest BCUT2D eigenvalue weighted by Crippen LogP contribution is -2.58. The monoisotopic (exact) mass is 518 g/mol. The van der Waals surface area contributed by atoms with E-state index in [2.05, 4.69) is 17.3 Å². The van der Waals surface area contributed by atoms with Gasteiger partial charge in [0.2, 0.25) is 0 Å². The number of Topliss-reactive ketones (excluding diaryl/α,β-unsaturated/α-hetero) is 1. The highest BCUT2D eigenvalue weighted by Gasteiger charge is 2.63. The molecule has 1 aromatic rings. The van der Waals surface area contributed by atoms with Crippen LogP contribution in [0.25, 0.3) is 0 Å². The average Bonchev–Trinajstić information content (AvgIpc) is 3.16. The van der Waals surface area contributed by atoms with E-state index in [1.807, 2.05) is 14.0 Å². The molecule has 7 nitrogen and oxygen atoms in total. The van der Waals surface area contributed by atoms with Gasteiger partial charge >= 0.3 is 0 Å². The summed E-state index contributed by atoms with van der Waals surface area (Å²) < 4.78 is 5.88. The number of nitrogens with one attached hydrogen (secondary N) is 1. The molecule has 1 aromatic heterocycles. The van der Waals surface area contributed by atoms with Crippen LogP contribution < -0.4 is 11.3 Å². The van der Waals surface area contributed by atoms with Gasteiger partial charge in [0.25, 0.3) is 0 Å². The van der Waals surface area contributed by atoms with Crippen molar-refractivity contribution in [2.24, 2.45) is 46.3 Å². The van der Waals surface area contributed by atoms with E-state index in [-0.39, 0.29) is 29.1 Å². The molecule has 200 valence electrons. The highest BCUT2D eigenvalue weighted by atomic mass is 35.5. The first-order chi connectivity index (χ1) is 17.1. The molecule has 0 bridgehead atoms. The first kappa shape index (κ1) is 26.4. The van der Waals surface area contributed by atoms with E-state index in [1.54, 1.807) is 18.5 Å². The molecule has 0 radical (unpaired) electrons. The number of nitrogens with two attached hydrogens (primary N) is 1. The third kappa shape index (κ3) is 4.60. The third-order valence-corrected chi connectivity index (χ3v) is 11.0. The Morgan fingerprint density at radius 3 is 2.75 bits per heavy atom. The predicted octanol–water partition coefficient (Wildman–Crippen LogP) is 4.84. The maximum absolute atomic E-state index is 13.5. The van der Waals surface area contributed by atoms with Gasteiger partial charge in [-0.2, -0.15) is 5.12 Å². The summed E-state index contributed by atoms with van der Waals surface area (Å²) in [4.78, 5) is 17.6. The number of hydrogen-bond acceptors (Lipinski definition) is 7. The molecule has 1 heterocycles. The zero-order chi connectivity index (χ0) is 25.7. The number of nitrogens with zero attached hydrogens (tertiary/aromatic N) is 2. The second-order valence-corrected chi connectivity index (χ2v) is 13.2. The number of aromatic nitrogens is 1. The minimum absolute atomic E-state index is 0.0258. The van der Waals surface area contributed by atoms with Crippen LogP contribution in [0.4, 0.5) is 5.69 Å². The van der Waals surface area contributed by atoms with Gasteiger partial charge in [-0.1, -0.05) is 18.5 Å². The first-order valence-corrected chi connectivity index (χ1v) is 14.1. The topological polar surface area (TPSA) is 101 Å². The molecule has 5 rings (SSSR count). The third-order valence-electron chi connectivity index (χ3n) is 10.8. The fourth-order valence-electron chi connectivity index (χ4n) is 9.27. The molecule has 8 heteroatoms. The van der Waals surface area contributed by atoms with Gasteiger partial charge in [-0.05, 0) is 105 Å². The second-order valence-electron chi connectivity index (χ2n) is 12.8. The fraction of sp³-hybridized carbons (Fsp3) is 0.786. The van der Waals surface area contributed by atoms with Gasteiger partial charge in [0.15, 0.2) is 5.78 Å². The molecule has 4 N–H and O–H groups in total. The Kier molecular flexibility index (Phi) is 7.18. The Labute approximate surface area is 220 Å². The number of aliphatic hydroxyl groups is 1. The van der Waals surface area contributed by atoms with Crippen molar-refractivity contribution in [2.75, 3.05) is 25.7 Å². The predicted molar refractivity (Wildman–Crippen MR) is 141 cm³/mol. The van der Waals surface area contributed by atoms with Gasteiger partial charge in [-0.15, -0.1) is 0 Å². The molecule has 4 aliphatic carbocycles.